The molecule has 0 saturated carbocycles. The molecule has 1 saturated heterocycles. The topological polar surface area (TPSA) is 70.6 Å². The lowest BCUT2D eigenvalue weighted by molar-refractivity contribution is 0.0985. The van der Waals surface area contributed by atoms with Crippen molar-refractivity contribution < 1.29 is 17.6 Å². The first-order valence-electron chi connectivity index (χ1n) is 12.2. The number of hydrogen-bond acceptors (Lipinski definition) is 5. The minimum absolute atomic E-state index is 0.176. The molecule has 0 aliphatic carbocycles. The molecule has 9 heteroatoms. The van der Waals surface area contributed by atoms with Crippen LogP contribution in [0.25, 0.3) is 10.2 Å². The van der Waals surface area contributed by atoms with Crippen LogP contribution in [0.1, 0.15) is 36.2 Å². The lowest BCUT2D eigenvalue weighted by Gasteiger charge is -2.34. The SMILES string of the molecule is CC1CC(C)CN(S(=O)(=O)c2ccc(C(=O)N(Cc3ccccc3)c3nc4ccc(F)cc4s3)cc2)C1. The van der Waals surface area contributed by atoms with Crippen molar-refractivity contribution >= 4 is 42.6 Å². The normalized spacial score (nSPS) is 18.7. The third kappa shape index (κ3) is 5.44. The van der Waals surface area contributed by atoms with Crippen LogP contribution in [-0.2, 0) is 16.6 Å². The highest BCUT2D eigenvalue weighted by molar-refractivity contribution is 7.89. The smallest absolute Gasteiger partial charge is 0.260 e. The van der Waals surface area contributed by atoms with Crippen LogP contribution in [0.2, 0.25) is 0 Å². The number of aromatic nitrogens is 1. The zero-order valence-corrected chi connectivity index (χ0v) is 22.3. The summed E-state index contributed by atoms with van der Waals surface area (Å²) in [6, 6.07) is 20.0. The van der Waals surface area contributed by atoms with Gasteiger partial charge in [-0.05, 0) is 66.3 Å². The maximum Gasteiger partial charge on any atom is 0.260 e. The minimum atomic E-state index is -3.65. The molecule has 2 atom stereocenters. The number of rotatable bonds is 6. The van der Waals surface area contributed by atoms with Gasteiger partial charge >= 0.3 is 0 Å². The summed E-state index contributed by atoms with van der Waals surface area (Å²) >= 11 is 1.24. The number of nitrogens with zero attached hydrogens (tertiary/aromatic N) is 3. The lowest BCUT2D eigenvalue weighted by Crippen LogP contribution is -2.42. The summed E-state index contributed by atoms with van der Waals surface area (Å²) in [7, 11) is -3.65. The highest BCUT2D eigenvalue weighted by Crippen LogP contribution is 2.32. The number of benzene rings is 3. The van der Waals surface area contributed by atoms with Gasteiger partial charge < -0.3 is 0 Å². The largest absolute Gasteiger partial charge is 0.279 e. The third-order valence-corrected chi connectivity index (χ3v) is 9.46. The van der Waals surface area contributed by atoms with E-state index in [2.05, 4.69) is 18.8 Å². The first kappa shape index (κ1) is 25.5. The van der Waals surface area contributed by atoms with Gasteiger partial charge in [0.05, 0.1) is 21.7 Å². The fourth-order valence-corrected chi connectivity index (χ4v) is 7.54. The number of thiazole rings is 1. The van der Waals surface area contributed by atoms with Gasteiger partial charge in [0, 0.05) is 18.7 Å². The zero-order valence-electron chi connectivity index (χ0n) is 20.7. The van der Waals surface area contributed by atoms with E-state index in [-0.39, 0.29) is 23.2 Å². The van der Waals surface area contributed by atoms with Crippen LogP contribution in [0.3, 0.4) is 0 Å². The standard InChI is InChI=1S/C28H28FN3O3S2/c1-19-14-20(2)17-31(16-19)37(34,35)24-11-8-22(9-12-24)27(33)32(18-21-6-4-3-5-7-21)28-30-25-13-10-23(29)15-26(25)36-28/h3-13,15,19-20H,14,16-18H2,1-2H3. The Morgan fingerprint density at radius 3 is 2.38 bits per heavy atom. The number of halogens is 1. The number of piperidine rings is 1. The number of amides is 1. The first-order valence-corrected chi connectivity index (χ1v) is 14.5. The van der Waals surface area contributed by atoms with Gasteiger partial charge in [-0.25, -0.2) is 17.8 Å². The van der Waals surface area contributed by atoms with Gasteiger partial charge in [0.25, 0.3) is 5.91 Å². The third-order valence-electron chi connectivity index (χ3n) is 6.57. The molecule has 0 spiro atoms. The van der Waals surface area contributed by atoms with Gasteiger partial charge in [-0.2, -0.15) is 4.31 Å². The van der Waals surface area contributed by atoms with E-state index in [0.717, 1.165) is 12.0 Å². The monoisotopic (exact) mass is 537 g/mol. The van der Waals surface area contributed by atoms with Crippen molar-refractivity contribution in [1.29, 1.82) is 0 Å². The Balaban J connectivity index is 1.45. The summed E-state index contributed by atoms with van der Waals surface area (Å²) in [5.41, 5.74) is 1.87. The summed E-state index contributed by atoms with van der Waals surface area (Å²) in [5, 5.41) is 0.447. The van der Waals surface area contributed by atoms with Gasteiger partial charge in [-0.1, -0.05) is 55.5 Å². The number of carbonyl (C=O) groups is 1. The van der Waals surface area contributed by atoms with Crippen molar-refractivity contribution in [3.05, 3.63) is 89.7 Å². The predicted molar refractivity (Wildman–Crippen MR) is 145 cm³/mol. The van der Waals surface area contributed by atoms with Crippen LogP contribution in [-0.4, -0.2) is 36.7 Å². The zero-order chi connectivity index (χ0) is 26.2. The van der Waals surface area contributed by atoms with E-state index in [1.807, 2.05) is 30.3 Å². The molecule has 0 bridgehead atoms. The number of fused-ring (bicyclic) bond motifs is 1. The van der Waals surface area contributed by atoms with Crippen molar-refractivity contribution in [3.63, 3.8) is 0 Å². The van der Waals surface area contributed by atoms with E-state index < -0.39 is 10.0 Å². The summed E-state index contributed by atoms with van der Waals surface area (Å²) in [5.74, 6) is -0.0770. The molecule has 1 aromatic heterocycles. The molecule has 5 rings (SSSR count). The van der Waals surface area contributed by atoms with Gasteiger partial charge in [0.15, 0.2) is 5.13 Å². The number of anilines is 1. The van der Waals surface area contributed by atoms with E-state index in [1.165, 1.54) is 35.6 Å². The second-order valence-corrected chi connectivity index (χ2v) is 12.7. The molecular formula is C28H28FN3O3S2. The van der Waals surface area contributed by atoms with Crippen LogP contribution < -0.4 is 4.90 Å². The summed E-state index contributed by atoms with van der Waals surface area (Å²) < 4.78 is 42.5. The van der Waals surface area contributed by atoms with E-state index in [4.69, 9.17) is 0 Å². The highest BCUT2D eigenvalue weighted by Gasteiger charge is 2.32. The second-order valence-electron chi connectivity index (χ2n) is 9.78. The Kier molecular flexibility index (Phi) is 7.11. The van der Waals surface area contributed by atoms with Gasteiger partial charge in [0.1, 0.15) is 5.82 Å². The molecule has 192 valence electrons. The molecular weight excluding hydrogens is 509 g/mol. The number of carbonyl (C=O) groups excluding carboxylic acids is 1. The maximum absolute atomic E-state index is 13.8. The van der Waals surface area contributed by atoms with Crippen molar-refractivity contribution in [3.8, 4) is 0 Å². The average Bonchev–Trinajstić information content (AvgIpc) is 3.30. The Morgan fingerprint density at radius 2 is 1.70 bits per heavy atom. The minimum Gasteiger partial charge on any atom is -0.279 e. The maximum atomic E-state index is 13.8. The molecule has 6 nitrogen and oxygen atoms in total. The molecule has 0 radical (unpaired) electrons. The van der Waals surface area contributed by atoms with Crippen LogP contribution in [0.15, 0.2) is 77.7 Å². The molecule has 1 amide bonds. The molecule has 1 fully saturated rings. The Labute approximate surface area is 220 Å². The molecule has 3 aromatic carbocycles. The molecule has 1 aliphatic rings. The molecule has 37 heavy (non-hydrogen) atoms. The molecule has 2 unspecified atom stereocenters. The van der Waals surface area contributed by atoms with Crippen molar-refractivity contribution in [2.75, 3.05) is 18.0 Å². The predicted octanol–water partition coefficient (Wildman–Crippen LogP) is 5.95. The average molecular weight is 538 g/mol. The quantitative estimate of drug-likeness (QED) is 0.305. The lowest BCUT2D eigenvalue weighted by atomic mass is 9.94. The van der Waals surface area contributed by atoms with E-state index in [9.17, 15) is 17.6 Å². The van der Waals surface area contributed by atoms with Gasteiger partial charge in [0.2, 0.25) is 10.0 Å². The van der Waals surface area contributed by atoms with Crippen LogP contribution in [0, 0.1) is 17.7 Å². The molecule has 4 aromatic rings. The van der Waals surface area contributed by atoms with Crippen molar-refractivity contribution in [1.82, 2.24) is 9.29 Å². The van der Waals surface area contributed by atoms with Gasteiger partial charge in [-0.3, -0.25) is 9.69 Å². The molecule has 0 N–H and O–H groups in total. The van der Waals surface area contributed by atoms with E-state index in [0.29, 0.717) is 45.8 Å². The Hall–Kier alpha value is -3.14. The molecule has 2 heterocycles. The highest BCUT2D eigenvalue weighted by atomic mass is 32.2. The van der Waals surface area contributed by atoms with E-state index >= 15 is 0 Å². The second kappa shape index (κ2) is 10.3. The van der Waals surface area contributed by atoms with Gasteiger partial charge in [-0.15, -0.1) is 0 Å². The Morgan fingerprint density at radius 1 is 1.03 bits per heavy atom. The number of sulfonamides is 1. The Bertz CT molecular complexity index is 1510. The number of hydrogen-bond donors (Lipinski definition) is 0. The van der Waals surface area contributed by atoms with Crippen LogP contribution in [0.4, 0.5) is 9.52 Å². The molecule has 1 aliphatic heterocycles. The summed E-state index contributed by atoms with van der Waals surface area (Å²) in [6.07, 6.45) is 1.01. The van der Waals surface area contributed by atoms with Crippen LogP contribution in [0.5, 0.6) is 0 Å². The fourth-order valence-electron chi connectivity index (χ4n) is 4.87. The van der Waals surface area contributed by atoms with Crippen molar-refractivity contribution in [2.24, 2.45) is 11.8 Å². The van der Waals surface area contributed by atoms with Crippen LogP contribution >= 0.6 is 11.3 Å². The van der Waals surface area contributed by atoms with E-state index in [1.54, 1.807) is 27.4 Å². The first-order chi connectivity index (χ1) is 17.7. The summed E-state index contributed by atoms with van der Waals surface area (Å²) in [4.78, 5) is 20.0. The fraction of sp³-hybridized carbons (Fsp3) is 0.286. The summed E-state index contributed by atoms with van der Waals surface area (Å²) in [6.45, 7) is 5.40. The van der Waals surface area contributed by atoms with Crippen molar-refractivity contribution in [2.45, 2.75) is 31.7 Å².